The predicted octanol–water partition coefficient (Wildman–Crippen LogP) is 3.48. The van der Waals surface area contributed by atoms with Crippen molar-refractivity contribution in [1.29, 1.82) is 0 Å². The number of likely N-dealkylation sites (tertiary alicyclic amines) is 1. The van der Waals surface area contributed by atoms with Crippen molar-refractivity contribution in [2.24, 2.45) is 0 Å². The highest BCUT2D eigenvalue weighted by atomic mass is 16.5. The molecular weight excluding hydrogens is 312 g/mol. The van der Waals surface area contributed by atoms with E-state index in [1.165, 1.54) is 17.1 Å². The van der Waals surface area contributed by atoms with Gasteiger partial charge in [0.05, 0.1) is 12.6 Å². The van der Waals surface area contributed by atoms with Gasteiger partial charge in [-0.15, -0.1) is 0 Å². The Morgan fingerprint density at radius 2 is 1.88 bits per heavy atom. The first-order valence-corrected chi connectivity index (χ1v) is 9.28. The lowest BCUT2D eigenvalue weighted by Gasteiger charge is -2.23. The Labute approximate surface area is 151 Å². The molecule has 3 rings (SSSR count). The third-order valence-corrected chi connectivity index (χ3v) is 5.20. The van der Waals surface area contributed by atoms with Crippen molar-refractivity contribution < 1.29 is 4.74 Å². The third-order valence-electron chi connectivity index (χ3n) is 5.20. The van der Waals surface area contributed by atoms with Gasteiger partial charge in [0.1, 0.15) is 0 Å². The lowest BCUT2D eigenvalue weighted by Crippen LogP contribution is -2.27. The zero-order valence-corrected chi connectivity index (χ0v) is 16.5. The van der Waals surface area contributed by atoms with Gasteiger partial charge in [-0.3, -0.25) is 9.58 Å². The fourth-order valence-electron chi connectivity index (χ4n) is 3.79. The van der Waals surface area contributed by atoms with Crippen LogP contribution < -0.4 is 0 Å². The SMILES string of the molecule is COCCN1CC[C@@H](n2nc(-n3c(C)ccc3C)cc2C(C)(C)C)C1. The van der Waals surface area contributed by atoms with Crippen LogP contribution >= 0.6 is 0 Å². The van der Waals surface area contributed by atoms with Crippen molar-refractivity contribution in [3.63, 3.8) is 0 Å². The van der Waals surface area contributed by atoms with Gasteiger partial charge in [-0.2, -0.15) is 5.10 Å². The Kier molecular flexibility index (Phi) is 5.07. The van der Waals surface area contributed by atoms with Crippen molar-refractivity contribution >= 4 is 0 Å². The van der Waals surface area contributed by atoms with Crippen LogP contribution in [0.5, 0.6) is 0 Å². The summed E-state index contributed by atoms with van der Waals surface area (Å²) >= 11 is 0. The smallest absolute Gasteiger partial charge is 0.159 e. The topological polar surface area (TPSA) is 35.2 Å². The van der Waals surface area contributed by atoms with E-state index in [1.807, 2.05) is 0 Å². The van der Waals surface area contributed by atoms with Crippen molar-refractivity contribution in [3.8, 4) is 5.82 Å². The molecule has 0 unspecified atom stereocenters. The molecule has 3 heterocycles. The van der Waals surface area contributed by atoms with Crippen LogP contribution in [0.3, 0.4) is 0 Å². The van der Waals surface area contributed by atoms with Crippen molar-refractivity contribution in [2.75, 3.05) is 33.4 Å². The first-order chi connectivity index (χ1) is 11.8. The van der Waals surface area contributed by atoms with Gasteiger partial charge in [0.25, 0.3) is 0 Å². The minimum Gasteiger partial charge on any atom is -0.383 e. The maximum atomic E-state index is 5.23. The minimum absolute atomic E-state index is 0.0696. The summed E-state index contributed by atoms with van der Waals surface area (Å²) in [5, 5.41) is 5.06. The number of aryl methyl sites for hydroxylation is 2. The summed E-state index contributed by atoms with van der Waals surface area (Å²) in [7, 11) is 1.77. The summed E-state index contributed by atoms with van der Waals surface area (Å²) < 4.78 is 9.78. The maximum absolute atomic E-state index is 5.23. The van der Waals surface area contributed by atoms with E-state index in [-0.39, 0.29) is 5.41 Å². The van der Waals surface area contributed by atoms with Crippen LogP contribution in [0.4, 0.5) is 0 Å². The van der Waals surface area contributed by atoms with Gasteiger partial charge in [0.15, 0.2) is 5.82 Å². The van der Waals surface area contributed by atoms with Gasteiger partial charge < -0.3 is 9.30 Å². The highest BCUT2D eigenvalue weighted by molar-refractivity contribution is 5.35. The van der Waals surface area contributed by atoms with Gasteiger partial charge >= 0.3 is 0 Å². The molecule has 1 fully saturated rings. The molecule has 0 amide bonds. The van der Waals surface area contributed by atoms with Gasteiger partial charge in [-0.25, -0.2) is 0 Å². The first kappa shape index (κ1) is 18.2. The number of nitrogens with zero attached hydrogens (tertiary/aromatic N) is 4. The predicted molar refractivity (Wildman–Crippen MR) is 102 cm³/mol. The van der Waals surface area contributed by atoms with Crippen molar-refractivity contribution in [1.82, 2.24) is 19.2 Å². The fourth-order valence-corrected chi connectivity index (χ4v) is 3.79. The average Bonchev–Trinajstić information content (AvgIpc) is 3.23. The number of aromatic nitrogens is 3. The van der Waals surface area contributed by atoms with E-state index in [0.717, 1.165) is 38.5 Å². The zero-order chi connectivity index (χ0) is 18.2. The molecule has 0 bridgehead atoms. The normalized spacial score (nSPS) is 19.0. The molecule has 5 heteroatoms. The number of methoxy groups -OCH3 is 1. The van der Waals surface area contributed by atoms with Crippen LogP contribution in [-0.2, 0) is 10.2 Å². The van der Waals surface area contributed by atoms with Gasteiger partial charge in [0, 0.05) is 55.3 Å². The molecule has 138 valence electrons. The number of rotatable bonds is 5. The molecule has 0 aromatic carbocycles. The van der Waals surface area contributed by atoms with Crippen LogP contribution in [-0.4, -0.2) is 52.6 Å². The first-order valence-electron chi connectivity index (χ1n) is 9.28. The second-order valence-corrected chi connectivity index (χ2v) is 8.27. The van der Waals surface area contributed by atoms with E-state index in [1.54, 1.807) is 7.11 Å². The minimum atomic E-state index is 0.0696. The Morgan fingerprint density at radius 1 is 1.20 bits per heavy atom. The van der Waals surface area contributed by atoms with Gasteiger partial charge in [-0.05, 0) is 32.4 Å². The molecule has 0 spiro atoms. The molecule has 1 atom stereocenters. The van der Waals surface area contributed by atoms with Crippen LogP contribution in [0.25, 0.3) is 5.82 Å². The lowest BCUT2D eigenvalue weighted by atomic mass is 9.91. The summed E-state index contributed by atoms with van der Waals surface area (Å²) in [6.45, 7) is 15.1. The Morgan fingerprint density at radius 3 is 2.48 bits per heavy atom. The van der Waals surface area contributed by atoms with E-state index in [0.29, 0.717) is 6.04 Å². The van der Waals surface area contributed by atoms with Gasteiger partial charge in [0.2, 0.25) is 0 Å². The Bertz CT molecular complexity index is 703. The quantitative estimate of drug-likeness (QED) is 0.833. The molecule has 1 aliphatic heterocycles. The van der Waals surface area contributed by atoms with E-state index >= 15 is 0 Å². The number of ether oxygens (including phenoxy) is 1. The summed E-state index contributed by atoms with van der Waals surface area (Å²) in [5.41, 5.74) is 3.85. The Hall–Kier alpha value is -1.59. The van der Waals surface area contributed by atoms with Gasteiger partial charge in [-0.1, -0.05) is 20.8 Å². The molecule has 0 saturated carbocycles. The van der Waals surface area contributed by atoms with E-state index in [2.05, 4.69) is 67.0 Å². The van der Waals surface area contributed by atoms with Crippen LogP contribution in [0.15, 0.2) is 18.2 Å². The standard InChI is InChI=1S/C20H32N4O/c1-15-7-8-16(2)23(15)19-13-18(20(3,4)5)24(21-19)17-9-10-22(14-17)11-12-25-6/h7-8,13,17H,9-12,14H2,1-6H3/t17-/m1/s1. The third kappa shape index (κ3) is 3.67. The summed E-state index contributed by atoms with van der Waals surface area (Å²) in [4.78, 5) is 2.48. The van der Waals surface area contributed by atoms with E-state index in [9.17, 15) is 0 Å². The molecular formula is C20H32N4O. The van der Waals surface area contributed by atoms with Crippen molar-refractivity contribution in [2.45, 2.75) is 52.5 Å². The molecule has 25 heavy (non-hydrogen) atoms. The monoisotopic (exact) mass is 344 g/mol. The van der Waals surface area contributed by atoms with Crippen LogP contribution in [0.1, 0.15) is 50.3 Å². The molecule has 0 aliphatic carbocycles. The molecule has 2 aromatic rings. The zero-order valence-electron chi connectivity index (χ0n) is 16.5. The molecule has 2 aromatic heterocycles. The summed E-state index contributed by atoms with van der Waals surface area (Å²) in [5.74, 6) is 1.04. The number of hydrogen-bond acceptors (Lipinski definition) is 3. The van der Waals surface area contributed by atoms with E-state index < -0.39 is 0 Å². The van der Waals surface area contributed by atoms with Crippen molar-refractivity contribution in [3.05, 3.63) is 35.3 Å². The molecule has 1 saturated heterocycles. The second kappa shape index (κ2) is 6.96. The fraction of sp³-hybridized carbons (Fsp3) is 0.650. The average molecular weight is 345 g/mol. The van der Waals surface area contributed by atoms with Crippen LogP contribution in [0, 0.1) is 13.8 Å². The molecule has 1 aliphatic rings. The second-order valence-electron chi connectivity index (χ2n) is 8.27. The summed E-state index contributed by atoms with van der Waals surface area (Å²) in [6.07, 6.45) is 1.15. The maximum Gasteiger partial charge on any atom is 0.159 e. The Balaban J connectivity index is 1.94. The number of hydrogen-bond donors (Lipinski definition) is 0. The molecule has 5 nitrogen and oxygen atoms in total. The highest BCUT2D eigenvalue weighted by Crippen LogP contribution is 2.31. The highest BCUT2D eigenvalue weighted by Gasteiger charge is 2.30. The molecule has 0 radical (unpaired) electrons. The van der Waals surface area contributed by atoms with E-state index in [4.69, 9.17) is 9.84 Å². The lowest BCUT2D eigenvalue weighted by molar-refractivity contribution is 0.158. The summed E-state index contributed by atoms with van der Waals surface area (Å²) in [6, 6.07) is 7.04. The molecule has 0 N–H and O–H groups in total. The van der Waals surface area contributed by atoms with Crippen LogP contribution in [0.2, 0.25) is 0 Å². The largest absolute Gasteiger partial charge is 0.383 e.